The third-order valence-corrected chi connectivity index (χ3v) is 3.24. The minimum absolute atomic E-state index is 0.245. The quantitative estimate of drug-likeness (QED) is 0.706. The van der Waals surface area contributed by atoms with Crippen LogP contribution in [0.3, 0.4) is 0 Å². The maximum Gasteiger partial charge on any atom is 0.228 e. The summed E-state index contributed by atoms with van der Waals surface area (Å²) in [6.07, 6.45) is 0. The Morgan fingerprint density at radius 2 is 1.87 bits per heavy atom. The predicted octanol–water partition coefficient (Wildman–Crippen LogP) is 1.58. The monoisotopic (exact) mass is 212 g/mol. The van der Waals surface area contributed by atoms with Crippen LogP contribution in [0.25, 0.3) is 0 Å². The summed E-state index contributed by atoms with van der Waals surface area (Å²) in [7, 11) is 0. The lowest BCUT2D eigenvalue weighted by atomic mass is 9.96. The van der Waals surface area contributed by atoms with Gasteiger partial charge in [0.05, 0.1) is 5.92 Å². The third kappa shape index (κ3) is 2.71. The van der Waals surface area contributed by atoms with Crippen LogP contribution in [0.5, 0.6) is 0 Å². The Kier molecular flexibility index (Phi) is 4.14. The lowest BCUT2D eigenvalue weighted by molar-refractivity contribution is -0.143. The van der Waals surface area contributed by atoms with E-state index in [2.05, 4.69) is 39.5 Å². The SMILES string of the molecule is CCN(C(=O)C1CN(C(C)C)C1)C(C)C. The largest absolute Gasteiger partial charge is 0.340 e. The highest BCUT2D eigenvalue weighted by Gasteiger charge is 2.36. The Morgan fingerprint density at radius 3 is 2.20 bits per heavy atom. The maximum absolute atomic E-state index is 12.1. The molecule has 0 aliphatic carbocycles. The van der Waals surface area contributed by atoms with Gasteiger partial charge in [-0.15, -0.1) is 0 Å². The van der Waals surface area contributed by atoms with Gasteiger partial charge in [0.2, 0.25) is 5.91 Å². The standard InChI is InChI=1S/C12H24N2O/c1-6-14(10(4)5)12(15)11-7-13(8-11)9(2)3/h9-11H,6-8H2,1-5H3. The van der Waals surface area contributed by atoms with Crippen molar-refractivity contribution < 1.29 is 4.79 Å². The Labute approximate surface area is 93.4 Å². The fourth-order valence-corrected chi connectivity index (χ4v) is 2.10. The van der Waals surface area contributed by atoms with E-state index in [1.54, 1.807) is 0 Å². The van der Waals surface area contributed by atoms with Gasteiger partial charge >= 0.3 is 0 Å². The molecular weight excluding hydrogens is 188 g/mol. The molecule has 0 unspecified atom stereocenters. The van der Waals surface area contributed by atoms with Crippen molar-refractivity contribution >= 4 is 5.91 Å². The van der Waals surface area contributed by atoms with Crippen molar-refractivity contribution in [1.29, 1.82) is 0 Å². The van der Waals surface area contributed by atoms with E-state index in [1.165, 1.54) is 0 Å². The first kappa shape index (κ1) is 12.5. The van der Waals surface area contributed by atoms with Crippen molar-refractivity contribution in [3.05, 3.63) is 0 Å². The first-order valence-corrected chi connectivity index (χ1v) is 6.01. The smallest absolute Gasteiger partial charge is 0.228 e. The second-order valence-electron chi connectivity index (χ2n) is 4.96. The van der Waals surface area contributed by atoms with Crippen LogP contribution < -0.4 is 0 Å². The van der Waals surface area contributed by atoms with Crippen LogP contribution in [0, 0.1) is 5.92 Å². The highest BCUT2D eigenvalue weighted by Crippen LogP contribution is 2.21. The van der Waals surface area contributed by atoms with E-state index < -0.39 is 0 Å². The lowest BCUT2D eigenvalue weighted by Gasteiger charge is -2.43. The van der Waals surface area contributed by atoms with E-state index in [1.807, 2.05) is 4.90 Å². The van der Waals surface area contributed by atoms with Gasteiger partial charge in [-0.1, -0.05) is 0 Å². The molecule has 1 heterocycles. The summed E-state index contributed by atoms with van der Waals surface area (Å²) >= 11 is 0. The van der Waals surface area contributed by atoms with Crippen LogP contribution in [0.1, 0.15) is 34.6 Å². The van der Waals surface area contributed by atoms with Crippen molar-refractivity contribution in [2.24, 2.45) is 5.92 Å². The molecule has 3 nitrogen and oxygen atoms in total. The van der Waals surface area contributed by atoms with Gasteiger partial charge < -0.3 is 4.90 Å². The summed E-state index contributed by atoms with van der Waals surface area (Å²) in [5, 5.41) is 0. The van der Waals surface area contributed by atoms with Gasteiger partial charge in [0, 0.05) is 31.7 Å². The molecule has 0 bridgehead atoms. The minimum Gasteiger partial charge on any atom is -0.340 e. The van der Waals surface area contributed by atoms with E-state index in [9.17, 15) is 4.79 Å². The Hall–Kier alpha value is -0.570. The van der Waals surface area contributed by atoms with E-state index in [0.29, 0.717) is 18.0 Å². The second-order valence-corrected chi connectivity index (χ2v) is 4.96. The third-order valence-electron chi connectivity index (χ3n) is 3.24. The molecule has 0 aromatic carbocycles. The summed E-state index contributed by atoms with van der Waals surface area (Å²) in [5.74, 6) is 0.583. The second kappa shape index (κ2) is 4.97. The number of carbonyl (C=O) groups excluding carboxylic acids is 1. The van der Waals surface area contributed by atoms with Gasteiger partial charge in [-0.3, -0.25) is 9.69 Å². The summed E-state index contributed by atoms with van der Waals surface area (Å²) in [5.41, 5.74) is 0. The summed E-state index contributed by atoms with van der Waals surface area (Å²) in [6.45, 7) is 13.3. The summed E-state index contributed by atoms with van der Waals surface area (Å²) in [6, 6.07) is 0.902. The predicted molar refractivity (Wildman–Crippen MR) is 62.7 cm³/mol. The van der Waals surface area contributed by atoms with Crippen LogP contribution in [-0.2, 0) is 4.79 Å². The molecule has 1 aliphatic heterocycles. The van der Waals surface area contributed by atoms with E-state index in [4.69, 9.17) is 0 Å². The van der Waals surface area contributed by atoms with Crippen molar-refractivity contribution in [1.82, 2.24) is 9.80 Å². The molecular formula is C12H24N2O. The average molecular weight is 212 g/mol. The Bertz CT molecular complexity index is 220. The highest BCUT2D eigenvalue weighted by molar-refractivity contribution is 5.80. The van der Waals surface area contributed by atoms with Gasteiger partial charge in [-0.05, 0) is 34.6 Å². The molecule has 0 radical (unpaired) electrons. The number of rotatable bonds is 4. The maximum atomic E-state index is 12.1. The number of carbonyl (C=O) groups is 1. The molecule has 0 N–H and O–H groups in total. The number of amides is 1. The molecule has 0 atom stereocenters. The first-order valence-electron chi connectivity index (χ1n) is 6.01. The zero-order valence-corrected chi connectivity index (χ0v) is 10.7. The highest BCUT2D eigenvalue weighted by atomic mass is 16.2. The van der Waals surface area contributed by atoms with Gasteiger partial charge in [0.15, 0.2) is 0 Å². The molecule has 1 fully saturated rings. The van der Waals surface area contributed by atoms with Crippen molar-refractivity contribution in [2.45, 2.75) is 46.7 Å². The van der Waals surface area contributed by atoms with Crippen molar-refractivity contribution in [3.8, 4) is 0 Å². The molecule has 0 saturated carbocycles. The van der Waals surface area contributed by atoms with Crippen LogP contribution in [-0.4, -0.2) is 47.4 Å². The molecule has 88 valence electrons. The zero-order chi connectivity index (χ0) is 11.6. The number of nitrogens with zero attached hydrogens (tertiary/aromatic N) is 2. The van der Waals surface area contributed by atoms with E-state index in [-0.39, 0.29) is 5.92 Å². The molecule has 1 amide bonds. The van der Waals surface area contributed by atoms with Crippen LogP contribution in [0.2, 0.25) is 0 Å². The minimum atomic E-state index is 0.245. The number of hydrogen-bond donors (Lipinski definition) is 0. The Balaban J connectivity index is 2.43. The van der Waals surface area contributed by atoms with Crippen LogP contribution >= 0.6 is 0 Å². The van der Waals surface area contributed by atoms with Crippen LogP contribution in [0.15, 0.2) is 0 Å². The van der Waals surface area contributed by atoms with Crippen molar-refractivity contribution in [2.75, 3.05) is 19.6 Å². The van der Waals surface area contributed by atoms with Gasteiger partial charge in [-0.25, -0.2) is 0 Å². The van der Waals surface area contributed by atoms with Crippen molar-refractivity contribution in [3.63, 3.8) is 0 Å². The average Bonchev–Trinajstić information content (AvgIpc) is 2.00. The molecule has 0 spiro atoms. The molecule has 0 aromatic heterocycles. The lowest BCUT2D eigenvalue weighted by Crippen LogP contribution is -2.57. The number of likely N-dealkylation sites (tertiary alicyclic amines) is 1. The van der Waals surface area contributed by atoms with E-state index in [0.717, 1.165) is 19.6 Å². The molecule has 1 aliphatic rings. The van der Waals surface area contributed by atoms with Gasteiger partial charge in [-0.2, -0.15) is 0 Å². The first-order chi connectivity index (χ1) is 6.97. The van der Waals surface area contributed by atoms with Crippen LogP contribution in [0.4, 0.5) is 0 Å². The van der Waals surface area contributed by atoms with Gasteiger partial charge in [0.1, 0.15) is 0 Å². The zero-order valence-electron chi connectivity index (χ0n) is 10.7. The summed E-state index contributed by atoms with van der Waals surface area (Å²) < 4.78 is 0. The molecule has 1 saturated heterocycles. The normalized spacial score (nSPS) is 18.3. The molecule has 0 aromatic rings. The fourth-order valence-electron chi connectivity index (χ4n) is 2.10. The molecule has 3 heteroatoms. The molecule has 15 heavy (non-hydrogen) atoms. The fraction of sp³-hybridized carbons (Fsp3) is 0.917. The summed E-state index contributed by atoms with van der Waals surface area (Å²) in [4.78, 5) is 16.4. The topological polar surface area (TPSA) is 23.6 Å². The van der Waals surface area contributed by atoms with Gasteiger partial charge in [0.25, 0.3) is 0 Å². The Morgan fingerprint density at radius 1 is 1.33 bits per heavy atom. The molecule has 1 rings (SSSR count). The number of hydrogen-bond acceptors (Lipinski definition) is 2. The van der Waals surface area contributed by atoms with E-state index >= 15 is 0 Å².